The molecule has 0 spiro atoms. The molecule has 1 aromatic heterocycles. The van der Waals surface area contributed by atoms with Crippen molar-refractivity contribution in [2.24, 2.45) is 0 Å². The number of hydrogen-bond donors (Lipinski definition) is 10. The Hall–Kier alpha value is -3.92. The molecule has 15 heteroatoms. The van der Waals surface area contributed by atoms with Crippen molar-refractivity contribution in [2.75, 3.05) is 25.0 Å². The van der Waals surface area contributed by atoms with E-state index in [-0.39, 0.29) is 13.1 Å². The van der Waals surface area contributed by atoms with Crippen molar-refractivity contribution >= 4 is 66.4 Å². The van der Waals surface area contributed by atoms with Crippen LogP contribution < -0.4 is 20.1 Å². The van der Waals surface area contributed by atoms with Gasteiger partial charge in [-0.1, -0.05) is 81.1 Å². The minimum absolute atomic E-state index is 0.0941. The molecular formula is C28H41N5O8S2. The van der Waals surface area contributed by atoms with Crippen molar-refractivity contribution in [3.8, 4) is 0 Å². The molecule has 1 unspecified atom stereocenters. The second-order valence-corrected chi connectivity index (χ2v) is 10.1. The third-order valence-corrected chi connectivity index (χ3v) is 5.03. The Bertz CT molecular complexity index is 1200. The first-order valence-corrected chi connectivity index (χ1v) is 13.9. The lowest BCUT2D eigenvalue weighted by Gasteiger charge is -2.19. The second-order valence-electron chi connectivity index (χ2n) is 9.49. The molecule has 0 bridgehead atoms. The summed E-state index contributed by atoms with van der Waals surface area (Å²) in [6, 6.07) is 21.4. The van der Waals surface area contributed by atoms with Gasteiger partial charge < -0.3 is 35.7 Å². The van der Waals surface area contributed by atoms with Crippen LogP contribution in [0.3, 0.4) is 0 Å². The van der Waals surface area contributed by atoms with Crippen molar-refractivity contribution < 1.29 is 39.2 Å². The molecule has 3 rings (SSSR count). The van der Waals surface area contributed by atoms with Crippen LogP contribution in [0.2, 0.25) is 0 Å². The third-order valence-electron chi connectivity index (χ3n) is 4.71. The minimum atomic E-state index is -1.10. The van der Waals surface area contributed by atoms with Crippen molar-refractivity contribution in [1.82, 2.24) is 19.7 Å². The van der Waals surface area contributed by atoms with E-state index in [1.165, 1.54) is 16.5 Å². The molecule has 1 atom stereocenters. The molecular weight excluding hydrogens is 598 g/mol. The van der Waals surface area contributed by atoms with E-state index >= 15 is 0 Å². The summed E-state index contributed by atoms with van der Waals surface area (Å²) < 4.78 is 9.10. The van der Waals surface area contributed by atoms with Crippen LogP contribution in [0.1, 0.15) is 45.7 Å². The Morgan fingerprint density at radius 2 is 1.35 bits per heavy atom. The smallest absolute Gasteiger partial charge is 0.408 e. The van der Waals surface area contributed by atoms with Gasteiger partial charge in [0.1, 0.15) is 31.1 Å². The Labute approximate surface area is 261 Å². The van der Waals surface area contributed by atoms with E-state index in [2.05, 4.69) is 118 Å². The number of amides is 1. The van der Waals surface area contributed by atoms with Crippen LogP contribution in [0.25, 0.3) is 10.9 Å². The summed E-state index contributed by atoms with van der Waals surface area (Å²) in [6.45, 7) is 6.70. The van der Waals surface area contributed by atoms with E-state index in [1.807, 2.05) is 0 Å². The highest BCUT2D eigenvalue weighted by Crippen LogP contribution is 2.24. The number of anilines is 1. The van der Waals surface area contributed by atoms with Crippen LogP contribution in [-0.4, -0.2) is 69.5 Å². The van der Waals surface area contributed by atoms with Gasteiger partial charge in [-0.15, -0.1) is 0 Å². The summed E-state index contributed by atoms with van der Waals surface area (Å²) in [4.78, 5) is 43.2. The maximum atomic E-state index is 10.8. The van der Waals surface area contributed by atoms with Gasteiger partial charge in [-0.2, -0.15) is 0 Å². The zero-order valence-corrected chi connectivity index (χ0v) is 26.2. The van der Waals surface area contributed by atoms with Crippen molar-refractivity contribution in [2.45, 2.75) is 45.8 Å². The summed E-state index contributed by atoms with van der Waals surface area (Å²) in [5.74, 6) is -1.81. The molecule has 0 aliphatic rings. The average Bonchev–Trinajstić information content (AvgIpc) is 3.34. The molecule has 13 nitrogen and oxygen atoms in total. The predicted molar refractivity (Wildman–Crippen MR) is 173 cm³/mol. The highest BCUT2D eigenvalue weighted by Gasteiger charge is 2.16. The average molecular weight is 640 g/mol. The SMILES string of the molecule is CC(C)(C)OC(=O)NCC(=O)O.CCC(Nc1cc2ccccc2[nH]1)c1ccccc1.O=C(O)CNS.O=C(O)CNS. The number of aromatic amines is 1. The van der Waals surface area contributed by atoms with Crippen LogP contribution in [0, 0.1) is 0 Å². The molecule has 0 aliphatic heterocycles. The standard InChI is InChI=1S/C17H18N2.C7H13NO4.2C2H5NO2S/c1-2-15(13-8-4-3-5-9-13)18-17-12-14-10-6-7-11-16(14)19-17;1-7(2,3)12-6(11)8-4-5(9)10;2*4-2(5)1-3-6/h3-12,15,18-19H,2H2,1H3;4H2,1-3H3,(H,8,11)(H,9,10);2*3,6H,1H2,(H,4,5). The molecule has 43 heavy (non-hydrogen) atoms. The van der Waals surface area contributed by atoms with Crippen molar-refractivity contribution in [1.29, 1.82) is 0 Å². The Kier molecular flexibility index (Phi) is 19.8. The first-order valence-electron chi connectivity index (χ1n) is 13.0. The van der Waals surface area contributed by atoms with E-state index in [4.69, 9.17) is 20.1 Å². The number of para-hydroxylation sites is 1. The number of carbonyl (C=O) groups is 4. The molecule has 0 saturated carbocycles. The zero-order chi connectivity index (χ0) is 32.8. The Morgan fingerprint density at radius 1 is 0.837 bits per heavy atom. The highest BCUT2D eigenvalue weighted by atomic mass is 32.1. The van der Waals surface area contributed by atoms with Crippen LogP contribution >= 0.6 is 25.6 Å². The quantitative estimate of drug-likeness (QED) is 0.141. The fourth-order valence-electron chi connectivity index (χ4n) is 3.04. The summed E-state index contributed by atoms with van der Waals surface area (Å²) in [5, 5.41) is 30.7. The minimum Gasteiger partial charge on any atom is -0.480 e. The lowest BCUT2D eigenvalue weighted by Crippen LogP contribution is -2.35. The van der Waals surface area contributed by atoms with E-state index in [1.54, 1.807) is 20.8 Å². The van der Waals surface area contributed by atoms with Gasteiger partial charge in [0.05, 0.1) is 6.04 Å². The van der Waals surface area contributed by atoms with E-state index < -0.39 is 36.1 Å². The number of aliphatic carboxylic acids is 3. The van der Waals surface area contributed by atoms with Gasteiger partial charge >= 0.3 is 24.0 Å². The van der Waals surface area contributed by atoms with Crippen LogP contribution in [-0.2, 0) is 19.1 Å². The lowest BCUT2D eigenvalue weighted by atomic mass is 10.0. The number of H-pyrrole nitrogens is 1. The van der Waals surface area contributed by atoms with Crippen LogP contribution in [0.5, 0.6) is 0 Å². The summed E-state index contributed by atoms with van der Waals surface area (Å²) in [6.07, 6.45) is 0.337. The zero-order valence-electron chi connectivity index (χ0n) is 24.5. The topological polar surface area (TPSA) is 202 Å². The number of fused-ring (bicyclic) bond motifs is 1. The van der Waals surface area contributed by atoms with Gasteiger partial charge in [0.25, 0.3) is 0 Å². The molecule has 8 N–H and O–H groups in total. The van der Waals surface area contributed by atoms with Crippen LogP contribution in [0.15, 0.2) is 60.7 Å². The second kappa shape index (κ2) is 21.7. The number of carbonyl (C=O) groups excluding carboxylic acids is 1. The largest absolute Gasteiger partial charge is 0.480 e. The molecule has 0 saturated heterocycles. The Morgan fingerprint density at radius 3 is 1.77 bits per heavy atom. The lowest BCUT2D eigenvalue weighted by molar-refractivity contribution is -0.136. The first kappa shape index (κ1) is 39.1. The van der Waals surface area contributed by atoms with E-state index in [0.717, 1.165) is 12.2 Å². The molecule has 2 aromatic carbocycles. The van der Waals surface area contributed by atoms with Crippen molar-refractivity contribution in [3.05, 3.63) is 66.2 Å². The van der Waals surface area contributed by atoms with Gasteiger partial charge in [0.2, 0.25) is 0 Å². The van der Waals surface area contributed by atoms with E-state index in [0.29, 0.717) is 6.04 Å². The predicted octanol–water partition coefficient (Wildman–Crippen LogP) is 4.34. The fraction of sp³-hybridized carbons (Fsp3) is 0.357. The number of nitrogens with one attached hydrogen (secondary N) is 5. The molecule has 238 valence electrons. The number of aromatic nitrogens is 1. The monoisotopic (exact) mass is 639 g/mol. The number of carboxylic acid groups (broad SMARTS) is 3. The van der Waals surface area contributed by atoms with Gasteiger partial charge in [0.15, 0.2) is 0 Å². The van der Waals surface area contributed by atoms with Gasteiger partial charge in [-0.3, -0.25) is 23.8 Å². The van der Waals surface area contributed by atoms with Crippen molar-refractivity contribution in [3.63, 3.8) is 0 Å². The molecule has 0 radical (unpaired) electrons. The molecule has 3 aromatic rings. The van der Waals surface area contributed by atoms with Gasteiger partial charge in [0, 0.05) is 10.9 Å². The third kappa shape index (κ3) is 20.6. The molecule has 1 heterocycles. The Balaban J connectivity index is 0.000000630. The number of benzene rings is 2. The van der Waals surface area contributed by atoms with Gasteiger partial charge in [-0.05, 0) is 44.9 Å². The fourth-order valence-corrected chi connectivity index (χ4v) is 3.31. The number of thiol groups is 2. The summed E-state index contributed by atoms with van der Waals surface area (Å²) in [5.41, 5.74) is 1.90. The maximum absolute atomic E-state index is 10.8. The summed E-state index contributed by atoms with van der Waals surface area (Å²) >= 11 is 6.86. The molecule has 0 aliphatic carbocycles. The number of carboxylic acids is 3. The maximum Gasteiger partial charge on any atom is 0.408 e. The van der Waals surface area contributed by atoms with Gasteiger partial charge in [-0.25, -0.2) is 4.79 Å². The number of ether oxygens (including phenoxy) is 1. The number of alkyl carbamates (subject to hydrolysis) is 1. The molecule has 1 amide bonds. The van der Waals surface area contributed by atoms with Crippen LogP contribution in [0.4, 0.5) is 10.6 Å². The van der Waals surface area contributed by atoms with E-state index in [9.17, 15) is 19.2 Å². The highest BCUT2D eigenvalue weighted by molar-refractivity contribution is 7.78. The summed E-state index contributed by atoms with van der Waals surface area (Å²) in [7, 11) is 0. The first-order chi connectivity index (χ1) is 20.2. The molecule has 0 fully saturated rings. The number of rotatable bonds is 10. The normalized spacial score (nSPS) is 10.7. The number of hydrogen-bond acceptors (Lipinski definition) is 10.